The van der Waals surface area contributed by atoms with Crippen LogP contribution in [-0.4, -0.2) is 19.7 Å². The number of benzene rings is 1. The van der Waals surface area contributed by atoms with E-state index in [-0.39, 0.29) is 10.8 Å². The SMILES string of the molecule is C=CCNCCOc1ccc(C(C)(C)C)cc1C(C)(C)C. The maximum Gasteiger partial charge on any atom is 0.123 e. The molecule has 0 radical (unpaired) electrons. The maximum atomic E-state index is 5.98. The van der Waals surface area contributed by atoms with Gasteiger partial charge in [-0.1, -0.05) is 59.8 Å². The standard InChI is InChI=1S/C19H31NO/c1-8-11-20-12-13-21-17-10-9-15(18(2,3)4)14-16(17)19(5,6)7/h8-10,14,20H,1,11-13H2,2-7H3. The van der Waals surface area contributed by atoms with Gasteiger partial charge in [0.05, 0.1) is 0 Å². The molecule has 2 heteroatoms. The molecule has 2 nitrogen and oxygen atoms in total. The Morgan fingerprint density at radius 2 is 1.76 bits per heavy atom. The summed E-state index contributed by atoms with van der Waals surface area (Å²) >= 11 is 0. The third-order valence-corrected chi connectivity index (χ3v) is 3.48. The minimum atomic E-state index is 0.0745. The highest BCUT2D eigenvalue weighted by Gasteiger charge is 2.22. The van der Waals surface area contributed by atoms with E-state index in [0.29, 0.717) is 6.61 Å². The minimum Gasteiger partial charge on any atom is -0.492 e. The first-order valence-corrected chi connectivity index (χ1v) is 7.75. The van der Waals surface area contributed by atoms with Gasteiger partial charge in [0, 0.05) is 13.1 Å². The topological polar surface area (TPSA) is 21.3 Å². The minimum absolute atomic E-state index is 0.0745. The van der Waals surface area contributed by atoms with Crippen LogP contribution in [0.4, 0.5) is 0 Å². The molecular weight excluding hydrogens is 258 g/mol. The maximum absolute atomic E-state index is 5.98. The van der Waals surface area contributed by atoms with Crippen molar-refractivity contribution >= 4 is 0 Å². The lowest BCUT2D eigenvalue weighted by molar-refractivity contribution is 0.307. The summed E-state index contributed by atoms with van der Waals surface area (Å²) < 4.78 is 5.98. The molecule has 0 fully saturated rings. The van der Waals surface area contributed by atoms with Crippen LogP contribution in [0.15, 0.2) is 30.9 Å². The van der Waals surface area contributed by atoms with E-state index in [2.05, 4.69) is 71.6 Å². The van der Waals surface area contributed by atoms with Gasteiger partial charge >= 0.3 is 0 Å². The summed E-state index contributed by atoms with van der Waals surface area (Å²) in [5.74, 6) is 0.996. The molecule has 0 unspecified atom stereocenters. The van der Waals surface area contributed by atoms with E-state index in [9.17, 15) is 0 Å². The van der Waals surface area contributed by atoms with Crippen LogP contribution < -0.4 is 10.1 Å². The van der Waals surface area contributed by atoms with Crippen molar-refractivity contribution in [2.75, 3.05) is 19.7 Å². The predicted octanol–water partition coefficient (Wildman–Crippen LogP) is 4.44. The molecule has 1 aromatic carbocycles. The van der Waals surface area contributed by atoms with Gasteiger partial charge in [0.15, 0.2) is 0 Å². The summed E-state index contributed by atoms with van der Waals surface area (Å²) in [5.41, 5.74) is 2.86. The van der Waals surface area contributed by atoms with Crippen LogP contribution in [0.5, 0.6) is 5.75 Å². The Bertz CT molecular complexity index is 463. The molecule has 118 valence electrons. The van der Waals surface area contributed by atoms with Crippen molar-refractivity contribution in [1.82, 2.24) is 5.32 Å². The first-order chi connectivity index (χ1) is 9.66. The third-order valence-electron chi connectivity index (χ3n) is 3.48. The summed E-state index contributed by atoms with van der Waals surface area (Å²) in [4.78, 5) is 0. The molecule has 0 saturated heterocycles. The zero-order valence-corrected chi connectivity index (χ0v) is 14.5. The Kier molecular flexibility index (Phi) is 6.03. The second-order valence-corrected chi connectivity index (χ2v) is 7.55. The van der Waals surface area contributed by atoms with Gasteiger partial charge in [-0.25, -0.2) is 0 Å². The molecule has 0 bridgehead atoms. The highest BCUT2D eigenvalue weighted by atomic mass is 16.5. The smallest absolute Gasteiger partial charge is 0.123 e. The molecule has 1 N–H and O–H groups in total. The molecule has 0 aliphatic heterocycles. The van der Waals surface area contributed by atoms with Crippen LogP contribution in [0.1, 0.15) is 52.7 Å². The molecule has 0 aliphatic rings. The van der Waals surface area contributed by atoms with Crippen LogP contribution in [0.3, 0.4) is 0 Å². The van der Waals surface area contributed by atoms with Crippen LogP contribution in [0, 0.1) is 0 Å². The Morgan fingerprint density at radius 3 is 2.29 bits per heavy atom. The van der Waals surface area contributed by atoms with Gasteiger partial charge in [-0.2, -0.15) is 0 Å². The number of hydrogen-bond donors (Lipinski definition) is 1. The van der Waals surface area contributed by atoms with E-state index in [1.807, 2.05) is 6.08 Å². The van der Waals surface area contributed by atoms with Crippen molar-refractivity contribution in [1.29, 1.82) is 0 Å². The second-order valence-electron chi connectivity index (χ2n) is 7.55. The van der Waals surface area contributed by atoms with E-state index in [0.717, 1.165) is 18.8 Å². The summed E-state index contributed by atoms with van der Waals surface area (Å²) in [7, 11) is 0. The number of ether oxygens (including phenoxy) is 1. The molecule has 0 aliphatic carbocycles. The lowest BCUT2D eigenvalue weighted by Gasteiger charge is -2.27. The van der Waals surface area contributed by atoms with Crippen molar-refractivity contribution in [2.45, 2.75) is 52.4 Å². The van der Waals surface area contributed by atoms with Gasteiger partial charge < -0.3 is 10.1 Å². The van der Waals surface area contributed by atoms with E-state index in [1.54, 1.807) is 0 Å². The predicted molar refractivity (Wildman–Crippen MR) is 92.4 cm³/mol. The zero-order valence-electron chi connectivity index (χ0n) is 14.5. The molecule has 0 saturated carbocycles. The second kappa shape index (κ2) is 7.13. The fourth-order valence-electron chi connectivity index (χ4n) is 2.15. The Balaban J connectivity index is 2.90. The van der Waals surface area contributed by atoms with E-state index in [4.69, 9.17) is 4.74 Å². The van der Waals surface area contributed by atoms with Crippen molar-refractivity contribution < 1.29 is 4.74 Å². The molecule has 0 amide bonds. The zero-order chi connectivity index (χ0) is 16.1. The Hall–Kier alpha value is -1.28. The molecule has 21 heavy (non-hydrogen) atoms. The fourth-order valence-corrected chi connectivity index (χ4v) is 2.15. The number of rotatable bonds is 6. The van der Waals surface area contributed by atoms with Gasteiger partial charge in [-0.05, 0) is 28.0 Å². The first-order valence-electron chi connectivity index (χ1n) is 7.75. The summed E-state index contributed by atoms with van der Waals surface area (Å²) in [6.45, 7) is 19.4. The van der Waals surface area contributed by atoms with E-state index >= 15 is 0 Å². The molecular formula is C19H31NO. The first kappa shape index (κ1) is 17.8. The normalized spacial score (nSPS) is 12.3. The van der Waals surface area contributed by atoms with Crippen molar-refractivity contribution in [3.8, 4) is 5.75 Å². The quantitative estimate of drug-likeness (QED) is 0.617. The summed E-state index contributed by atoms with van der Waals surface area (Å²) in [6, 6.07) is 6.60. The summed E-state index contributed by atoms with van der Waals surface area (Å²) in [6.07, 6.45) is 1.86. The summed E-state index contributed by atoms with van der Waals surface area (Å²) in [5, 5.41) is 3.26. The van der Waals surface area contributed by atoms with Crippen LogP contribution in [0.2, 0.25) is 0 Å². The highest BCUT2D eigenvalue weighted by molar-refractivity contribution is 5.43. The monoisotopic (exact) mass is 289 g/mol. The van der Waals surface area contributed by atoms with Gasteiger partial charge in [-0.3, -0.25) is 0 Å². The van der Waals surface area contributed by atoms with Gasteiger partial charge in [0.1, 0.15) is 12.4 Å². The number of hydrogen-bond acceptors (Lipinski definition) is 2. The van der Waals surface area contributed by atoms with E-state index < -0.39 is 0 Å². The van der Waals surface area contributed by atoms with Crippen molar-refractivity contribution in [2.24, 2.45) is 0 Å². The molecule has 0 spiro atoms. The Labute approximate surface area is 130 Å². The lowest BCUT2D eigenvalue weighted by atomic mass is 9.80. The average molecular weight is 289 g/mol. The van der Waals surface area contributed by atoms with E-state index in [1.165, 1.54) is 11.1 Å². The lowest BCUT2D eigenvalue weighted by Crippen LogP contribution is -2.22. The van der Waals surface area contributed by atoms with Gasteiger partial charge in [0.2, 0.25) is 0 Å². The van der Waals surface area contributed by atoms with Crippen LogP contribution >= 0.6 is 0 Å². The molecule has 1 aromatic rings. The largest absolute Gasteiger partial charge is 0.492 e. The number of nitrogens with one attached hydrogen (secondary N) is 1. The molecule has 0 atom stereocenters. The van der Waals surface area contributed by atoms with Crippen LogP contribution in [-0.2, 0) is 10.8 Å². The molecule has 0 heterocycles. The molecule has 1 rings (SSSR count). The van der Waals surface area contributed by atoms with Crippen LogP contribution in [0.25, 0.3) is 0 Å². The van der Waals surface area contributed by atoms with Gasteiger partial charge in [-0.15, -0.1) is 6.58 Å². The fraction of sp³-hybridized carbons (Fsp3) is 0.579. The van der Waals surface area contributed by atoms with Gasteiger partial charge in [0.25, 0.3) is 0 Å². The third kappa shape index (κ3) is 5.55. The highest BCUT2D eigenvalue weighted by Crippen LogP contribution is 2.35. The Morgan fingerprint density at radius 1 is 1.10 bits per heavy atom. The van der Waals surface area contributed by atoms with Crippen molar-refractivity contribution in [3.63, 3.8) is 0 Å². The molecule has 0 aromatic heterocycles. The average Bonchev–Trinajstić information content (AvgIpc) is 2.36. The van der Waals surface area contributed by atoms with Crippen molar-refractivity contribution in [3.05, 3.63) is 42.0 Å².